The predicted octanol–water partition coefficient (Wildman–Crippen LogP) is 5.28. The summed E-state index contributed by atoms with van der Waals surface area (Å²) in [5, 5.41) is 14.5. The number of nitrogens with zero attached hydrogens (tertiary/aromatic N) is 2. The summed E-state index contributed by atoms with van der Waals surface area (Å²) in [7, 11) is 1.66. The van der Waals surface area contributed by atoms with Crippen molar-refractivity contribution in [3.05, 3.63) is 60.9 Å². The minimum absolute atomic E-state index is 0.167. The summed E-state index contributed by atoms with van der Waals surface area (Å²) in [4.78, 5) is 8.99. The fourth-order valence-electron chi connectivity index (χ4n) is 4.36. The van der Waals surface area contributed by atoms with Crippen LogP contribution in [0.3, 0.4) is 0 Å². The first kappa shape index (κ1) is 19.6. The van der Waals surface area contributed by atoms with E-state index in [4.69, 9.17) is 9.15 Å². The molecule has 2 unspecified atom stereocenters. The fraction of sp³-hybridized carbons (Fsp3) is 0.280. The van der Waals surface area contributed by atoms with Gasteiger partial charge in [0.2, 0.25) is 5.71 Å². The zero-order valence-corrected chi connectivity index (χ0v) is 17.4. The number of aromatic nitrogens is 2. The number of methoxy groups -OCH3 is 1. The molecular weight excluding hydrogens is 390 g/mol. The van der Waals surface area contributed by atoms with Crippen molar-refractivity contribution in [2.24, 2.45) is 0 Å². The van der Waals surface area contributed by atoms with Gasteiger partial charge in [0.25, 0.3) is 0 Å². The third-order valence-corrected chi connectivity index (χ3v) is 5.89. The Morgan fingerprint density at radius 2 is 1.81 bits per heavy atom. The second kappa shape index (κ2) is 8.40. The van der Waals surface area contributed by atoms with Crippen molar-refractivity contribution in [1.29, 1.82) is 0 Å². The molecule has 158 valence electrons. The summed E-state index contributed by atoms with van der Waals surface area (Å²) >= 11 is 0. The Labute approximate surface area is 180 Å². The number of aliphatic hydroxyl groups is 1. The van der Waals surface area contributed by atoms with Gasteiger partial charge in [0.15, 0.2) is 0 Å². The topological polar surface area (TPSA) is 80.4 Å². The molecule has 0 saturated heterocycles. The van der Waals surface area contributed by atoms with Crippen molar-refractivity contribution in [1.82, 2.24) is 9.97 Å². The van der Waals surface area contributed by atoms with Crippen molar-refractivity contribution in [3.63, 3.8) is 0 Å². The number of furan rings is 1. The highest BCUT2D eigenvalue weighted by molar-refractivity contribution is 6.05. The Morgan fingerprint density at radius 1 is 1.00 bits per heavy atom. The van der Waals surface area contributed by atoms with Crippen LogP contribution in [0.5, 0.6) is 5.75 Å². The molecule has 0 aliphatic heterocycles. The average Bonchev–Trinajstić information content (AvgIpc) is 3.20. The number of aliphatic hydroxyl groups excluding tert-OH is 1. The van der Waals surface area contributed by atoms with E-state index in [1.54, 1.807) is 7.11 Å². The van der Waals surface area contributed by atoms with Crippen LogP contribution >= 0.6 is 0 Å². The minimum Gasteiger partial charge on any atom is -0.497 e. The van der Waals surface area contributed by atoms with Gasteiger partial charge in [0.1, 0.15) is 23.7 Å². The van der Waals surface area contributed by atoms with Gasteiger partial charge in [-0.25, -0.2) is 9.97 Å². The van der Waals surface area contributed by atoms with Crippen molar-refractivity contribution >= 4 is 16.9 Å². The van der Waals surface area contributed by atoms with E-state index in [-0.39, 0.29) is 12.1 Å². The summed E-state index contributed by atoms with van der Waals surface area (Å²) in [6.45, 7) is 0. The summed E-state index contributed by atoms with van der Waals surface area (Å²) in [5.74, 6) is 2.29. The Balaban J connectivity index is 1.68. The van der Waals surface area contributed by atoms with Gasteiger partial charge in [0.05, 0.1) is 18.6 Å². The predicted molar refractivity (Wildman–Crippen MR) is 121 cm³/mol. The van der Waals surface area contributed by atoms with Crippen LogP contribution in [0.2, 0.25) is 0 Å². The molecule has 1 saturated carbocycles. The van der Waals surface area contributed by atoms with Gasteiger partial charge in [-0.3, -0.25) is 0 Å². The molecule has 2 atom stereocenters. The molecule has 31 heavy (non-hydrogen) atoms. The van der Waals surface area contributed by atoms with E-state index in [0.717, 1.165) is 58.7 Å². The molecule has 2 aromatic carbocycles. The van der Waals surface area contributed by atoms with Crippen LogP contribution in [0.1, 0.15) is 25.7 Å². The lowest BCUT2D eigenvalue weighted by Gasteiger charge is -2.27. The quantitative estimate of drug-likeness (QED) is 0.462. The van der Waals surface area contributed by atoms with Crippen molar-refractivity contribution in [2.45, 2.75) is 37.8 Å². The second-order valence-electron chi connectivity index (χ2n) is 7.96. The monoisotopic (exact) mass is 415 g/mol. The number of hydrogen-bond donors (Lipinski definition) is 2. The summed E-state index contributed by atoms with van der Waals surface area (Å²) in [6, 6.07) is 18.1. The Hall–Kier alpha value is -3.38. The number of benzene rings is 2. The smallest absolute Gasteiger partial charge is 0.232 e. The van der Waals surface area contributed by atoms with Crippen LogP contribution in [0.4, 0.5) is 5.82 Å². The van der Waals surface area contributed by atoms with E-state index in [1.807, 2.05) is 54.6 Å². The van der Waals surface area contributed by atoms with E-state index >= 15 is 0 Å². The van der Waals surface area contributed by atoms with E-state index < -0.39 is 0 Å². The normalized spacial score (nSPS) is 18.8. The van der Waals surface area contributed by atoms with Crippen molar-refractivity contribution < 1.29 is 14.3 Å². The van der Waals surface area contributed by atoms with Gasteiger partial charge in [-0.05, 0) is 43.4 Å². The zero-order valence-electron chi connectivity index (χ0n) is 17.4. The molecule has 0 radical (unpaired) electrons. The van der Waals surface area contributed by atoms with Crippen LogP contribution in [0.25, 0.3) is 33.6 Å². The zero-order chi connectivity index (χ0) is 21.2. The maximum absolute atomic E-state index is 10.1. The number of rotatable bonds is 5. The summed E-state index contributed by atoms with van der Waals surface area (Å²) in [5.41, 5.74) is 3.46. The SMILES string of the molecule is COc1ccc(-c2c(-c3ccccc3)oc3ncnc(NC4CCCC(O)C4)c23)cc1. The Bertz CT molecular complexity index is 1170. The van der Waals surface area contributed by atoms with Crippen LogP contribution in [-0.2, 0) is 0 Å². The summed E-state index contributed by atoms with van der Waals surface area (Å²) < 4.78 is 11.6. The maximum atomic E-state index is 10.1. The molecule has 4 aromatic rings. The highest BCUT2D eigenvalue weighted by Gasteiger charge is 2.25. The van der Waals surface area contributed by atoms with E-state index in [2.05, 4.69) is 15.3 Å². The van der Waals surface area contributed by atoms with Gasteiger partial charge in [-0.15, -0.1) is 0 Å². The standard InChI is InChI=1S/C25H25N3O3/c1-30-20-12-10-16(11-13-20)21-22-24(28-18-8-5-9-19(29)14-18)26-15-27-25(22)31-23(21)17-6-3-2-4-7-17/h2-4,6-7,10-13,15,18-19,29H,5,8-9,14H2,1H3,(H,26,27,28). The molecule has 2 N–H and O–H groups in total. The lowest BCUT2D eigenvalue weighted by Crippen LogP contribution is -2.30. The van der Waals surface area contributed by atoms with E-state index in [0.29, 0.717) is 12.1 Å². The molecule has 2 aromatic heterocycles. The number of hydrogen-bond acceptors (Lipinski definition) is 6. The van der Waals surface area contributed by atoms with Gasteiger partial charge in [-0.1, -0.05) is 42.5 Å². The molecule has 2 heterocycles. The van der Waals surface area contributed by atoms with Gasteiger partial charge >= 0.3 is 0 Å². The number of anilines is 1. The first-order valence-electron chi connectivity index (χ1n) is 10.6. The largest absolute Gasteiger partial charge is 0.497 e. The molecule has 6 nitrogen and oxygen atoms in total. The van der Waals surface area contributed by atoms with Crippen molar-refractivity contribution in [3.8, 4) is 28.2 Å². The third-order valence-electron chi connectivity index (χ3n) is 5.89. The van der Waals surface area contributed by atoms with E-state index in [1.165, 1.54) is 6.33 Å². The molecule has 6 heteroatoms. The number of ether oxygens (including phenoxy) is 1. The van der Waals surface area contributed by atoms with Crippen molar-refractivity contribution in [2.75, 3.05) is 12.4 Å². The molecule has 1 aliphatic rings. The molecule has 0 bridgehead atoms. The Kier molecular flexibility index (Phi) is 5.30. The highest BCUT2D eigenvalue weighted by atomic mass is 16.5. The maximum Gasteiger partial charge on any atom is 0.232 e. The first-order valence-corrected chi connectivity index (χ1v) is 10.6. The van der Waals surface area contributed by atoms with Gasteiger partial charge < -0.3 is 19.6 Å². The molecule has 0 amide bonds. The molecule has 5 rings (SSSR count). The molecule has 1 fully saturated rings. The van der Waals surface area contributed by atoms with Crippen LogP contribution in [-0.4, -0.2) is 34.3 Å². The number of nitrogens with one attached hydrogen (secondary N) is 1. The average molecular weight is 415 g/mol. The molecule has 1 aliphatic carbocycles. The Morgan fingerprint density at radius 3 is 2.55 bits per heavy atom. The second-order valence-corrected chi connectivity index (χ2v) is 7.96. The van der Waals surface area contributed by atoms with Crippen LogP contribution < -0.4 is 10.1 Å². The first-order chi connectivity index (χ1) is 15.2. The summed E-state index contributed by atoms with van der Waals surface area (Å²) in [6.07, 6.45) is 4.84. The lowest BCUT2D eigenvalue weighted by molar-refractivity contribution is 0.124. The van der Waals surface area contributed by atoms with Crippen LogP contribution in [0, 0.1) is 0 Å². The van der Waals surface area contributed by atoms with E-state index in [9.17, 15) is 5.11 Å². The highest BCUT2D eigenvalue weighted by Crippen LogP contribution is 2.43. The molecular formula is C25H25N3O3. The fourth-order valence-corrected chi connectivity index (χ4v) is 4.36. The minimum atomic E-state index is -0.270. The number of fused-ring (bicyclic) bond motifs is 1. The lowest BCUT2D eigenvalue weighted by atomic mass is 9.93. The van der Waals surface area contributed by atoms with Gasteiger partial charge in [0, 0.05) is 17.2 Å². The third kappa shape index (κ3) is 3.86. The molecule has 0 spiro atoms. The van der Waals surface area contributed by atoms with Crippen LogP contribution in [0.15, 0.2) is 65.3 Å². The van der Waals surface area contributed by atoms with Gasteiger partial charge in [-0.2, -0.15) is 0 Å².